The van der Waals surface area contributed by atoms with Crippen molar-refractivity contribution in [3.63, 3.8) is 0 Å². The molecule has 52 heavy (non-hydrogen) atoms. The number of halogens is 1. The minimum absolute atomic E-state index is 0.0370. The highest BCUT2D eigenvalue weighted by Crippen LogP contribution is 2.51. The van der Waals surface area contributed by atoms with Gasteiger partial charge in [-0.15, -0.1) is 23.1 Å². The average molecular weight is 778 g/mol. The van der Waals surface area contributed by atoms with Gasteiger partial charge in [-0.25, -0.2) is 14.6 Å². The zero-order valence-electron chi connectivity index (χ0n) is 28.4. The first kappa shape index (κ1) is 37.4. The van der Waals surface area contributed by atoms with Crippen LogP contribution in [0.3, 0.4) is 0 Å². The first-order valence-corrected chi connectivity index (χ1v) is 18.6. The van der Waals surface area contributed by atoms with Crippen molar-refractivity contribution >= 4 is 75.1 Å². The number of carboxylic acids is 2. The number of thiazole rings is 1. The molecule has 0 aliphatic carbocycles. The summed E-state index contributed by atoms with van der Waals surface area (Å²) >= 11 is 8.54. The van der Waals surface area contributed by atoms with Crippen LogP contribution in [0, 0.1) is 11.3 Å². The van der Waals surface area contributed by atoms with Crippen molar-refractivity contribution in [1.29, 1.82) is 0 Å². The van der Waals surface area contributed by atoms with Crippen molar-refractivity contribution in [3.05, 3.63) is 45.1 Å². The van der Waals surface area contributed by atoms with Crippen LogP contribution >= 0.6 is 34.7 Å². The number of Topliss-reactive ketones (excluding diaryl/α,β-unsaturated/α-hetero) is 1. The van der Waals surface area contributed by atoms with Crippen LogP contribution < -0.4 is 11.1 Å². The third-order valence-electron chi connectivity index (χ3n) is 10.4. The number of nitrogens with one attached hydrogen (secondary N) is 1. The van der Waals surface area contributed by atoms with E-state index in [0.717, 1.165) is 37.3 Å². The van der Waals surface area contributed by atoms with Crippen LogP contribution in [-0.4, -0.2) is 119 Å². The highest BCUT2D eigenvalue weighted by molar-refractivity contribution is 8.00. The molecular weight excluding hydrogens is 740 g/mol. The van der Waals surface area contributed by atoms with Crippen molar-refractivity contribution in [2.24, 2.45) is 16.5 Å². The van der Waals surface area contributed by atoms with Gasteiger partial charge in [0.15, 0.2) is 28.1 Å². The minimum Gasteiger partial charge on any atom is -0.504 e. The van der Waals surface area contributed by atoms with E-state index >= 15 is 0 Å². The lowest BCUT2D eigenvalue weighted by Gasteiger charge is -2.51. The Hall–Kier alpha value is -4.39. The number of nitrogens with zero attached hydrogens (tertiary/aromatic N) is 4. The number of anilines is 1. The zero-order chi connectivity index (χ0) is 37.9. The maximum absolute atomic E-state index is 13.6. The maximum Gasteiger partial charge on any atom is 0.352 e. The van der Waals surface area contributed by atoms with E-state index in [4.69, 9.17) is 22.2 Å². The van der Waals surface area contributed by atoms with Gasteiger partial charge in [0, 0.05) is 47.4 Å². The monoisotopic (exact) mass is 777 g/mol. The number of ketones is 1. The van der Waals surface area contributed by atoms with Crippen LogP contribution in [0.5, 0.6) is 11.5 Å². The number of aromatic hydroxyl groups is 2. The number of fused-ring (bicyclic) bond motifs is 3. The average Bonchev–Trinajstić information content (AvgIpc) is 3.79. The normalized spacial score (nSPS) is 26.9. The summed E-state index contributed by atoms with van der Waals surface area (Å²) in [6, 6.07) is 2.53. The number of amides is 2. The summed E-state index contributed by atoms with van der Waals surface area (Å²) < 4.78 is 0.603. The molecule has 3 fully saturated rings. The molecule has 0 spiro atoms. The van der Waals surface area contributed by atoms with Gasteiger partial charge >= 0.3 is 11.9 Å². The highest BCUT2D eigenvalue weighted by Gasteiger charge is 2.59. The highest BCUT2D eigenvalue weighted by atomic mass is 35.5. The molecule has 278 valence electrons. The molecular formula is C33H38ClN6O10S2+. The smallest absolute Gasteiger partial charge is 0.352 e. The number of carbonyl (C=O) groups excluding carboxylic acids is 3. The second kappa shape index (κ2) is 13.5. The summed E-state index contributed by atoms with van der Waals surface area (Å²) in [5, 5.41) is 46.7. The molecule has 0 radical (unpaired) electrons. The van der Waals surface area contributed by atoms with Gasteiger partial charge in [-0.3, -0.25) is 19.3 Å². The molecule has 1 aromatic carbocycles. The Labute approximate surface area is 310 Å². The van der Waals surface area contributed by atoms with Gasteiger partial charge in [-0.2, -0.15) is 0 Å². The molecule has 5 heterocycles. The molecule has 1 aromatic heterocycles. The largest absolute Gasteiger partial charge is 0.504 e. The number of carbonyl (C=O) groups is 5. The number of piperidine rings is 1. The number of aromatic nitrogens is 1. The van der Waals surface area contributed by atoms with E-state index in [9.17, 15) is 44.4 Å². The second-order valence-electron chi connectivity index (χ2n) is 14.3. The lowest BCUT2D eigenvalue weighted by Crippen LogP contribution is -2.63. The number of benzene rings is 1. The Bertz CT molecular complexity index is 1940. The Kier molecular flexibility index (Phi) is 9.73. The van der Waals surface area contributed by atoms with Crippen LogP contribution in [0.2, 0.25) is 5.02 Å². The molecule has 19 heteroatoms. The van der Waals surface area contributed by atoms with E-state index in [2.05, 4.69) is 15.5 Å². The van der Waals surface area contributed by atoms with Crippen LogP contribution in [0.1, 0.15) is 56.1 Å². The number of rotatable bonds is 13. The molecule has 6 rings (SSSR count). The molecule has 7 N–H and O–H groups in total. The first-order chi connectivity index (χ1) is 24.4. The van der Waals surface area contributed by atoms with E-state index in [1.54, 1.807) is 0 Å². The van der Waals surface area contributed by atoms with Gasteiger partial charge in [0.25, 0.3) is 5.91 Å². The fourth-order valence-electron chi connectivity index (χ4n) is 7.43. The predicted octanol–water partition coefficient (Wildman–Crippen LogP) is 2.63. The number of thioether (sulfide) groups is 1. The van der Waals surface area contributed by atoms with Gasteiger partial charge in [-0.1, -0.05) is 16.8 Å². The molecule has 0 unspecified atom stereocenters. The van der Waals surface area contributed by atoms with E-state index in [1.807, 2.05) is 6.92 Å². The lowest BCUT2D eigenvalue weighted by molar-refractivity contribution is -0.905. The van der Waals surface area contributed by atoms with Gasteiger partial charge in [-0.05, 0) is 32.9 Å². The Balaban J connectivity index is 1.16. The second-order valence-corrected chi connectivity index (χ2v) is 17.0. The molecule has 2 aromatic rings. The third-order valence-corrected chi connectivity index (χ3v) is 13.0. The van der Waals surface area contributed by atoms with Gasteiger partial charge < -0.3 is 40.8 Å². The quantitative estimate of drug-likeness (QED) is 0.0564. The molecule has 4 aliphatic heterocycles. The van der Waals surface area contributed by atoms with Crippen LogP contribution in [-0.2, 0) is 24.0 Å². The van der Waals surface area contributed by atoms with Gasteiger partial charge in [0.05, 0.1) is 41.5 Å². The summed E-state index contributed by atoms with van der Waals surface area (Å²) in [5.74, 6) is -6.06. The number of aliphatic carboxylic acids is 2. The van der Waals surface area contributed by atoms with E-state index in [1.165, 1.54) is 48.0 Å². The number of nitrogens with two attached hydrogens (primary N) is 1. The zero-order valence-corrected chi connectivity index (χ0v) is 30.8. The lowest BCUT2D eigenvalue weighted by atomic mass is 9.84. The van der Waals surface area contributed by atoms with E-state index in [0.29, 0.717) is 29.7 Å². The molecule has 3 saturated heterocycles. The van der Waals surface area contributed by atoms with Gasteiger partial charge in [0.2, 0.25) is 11.5 Å². The number of phenolic OH excluding ortho intramolecular Hbond substituents is 2. The number of quaternary nitrogens is 1. The van der Waals surface area contributed by atoms with Crippen molar-refractivity contribution < 1.29 is 53.7 Å². The van der Waals surface area contributed by atoms with Crippen molar-refractivity contribution in [1.82, 2.24) is 15.2 Å². The van der Waals surface area contributed by atoms with Crippen molar-refractivity contribution in [2.45, 2.75) is 56.3 Å². The molecule has 0 saturated carbocycles. The first-order valence-electron chi connectivity index (χ1n) is 16.4. The summed E-state index contributed by atoms with van der Waals surface area (Å²) in [4.78, 5) is 75.1. The maximum atomic E-state index is 13.6. The van der Waals surface area contributed by atoms with Crippen LogP contribution in [0.4, 0.5) is 5.13 Å². The number of hydrogen-bond acceptors (Lipinski definition) is 13. The minimum atomic E-state index is -1.76. The number of carboxylic acid groups (broad SMARTS) is 2. The molecule has 3 atom stereocenters. The summed E-state index contributed by atoms with van der Waals surface area (Å²) in [7, 11) is 0. The van der Waals surface area contributed by atoms with E-state index < -0.39 is 57.9 Å². The summed E-state index contributed by atoms with van der Waals surface area (Å²) in [5.41, 5.74) is 4.13. The predicted molar refractivity (Wildman–Crippen MR) is 190 cm³/mol. The fraction of sp³-hybridized carbons (Fsp3) is 0.485. The Morgan fingerprint density at radius 2 is 1.90 bits per heavy atom. The van der Waals surface area contributed by atoms with Crippen molar-refractivity contribution in [3.8, 4) is 11.5 Å². The fourth-order valence-corrected chi connectivity index (χ4v) is 9.73. The van der Waals surface area contributed by atoms with Crippen molar-refractivity contribution in [2.75, 3.05) is 38.5 Å². The topological polar surface area (TPSA) is 242 Å². The number of β-lactam (4-membered cyclic amide) rings is 1. The van der Waals surface area contributed by atoms with Crippen LogP contribution in [0.15, 0.2) is 33.9 Å². The SMILES string of the molecule is C[C@@H]1S[C@@H]2[C@H](CC(=O)/C(=N\OC(C)(C)C(=O)O)c3csc(N)n3)C(=O)N2C(C(=O)O)=C1C[N+]12CCC(CNC(=O)c3ccc(O)c(O)c3Cl)(CC1)C2. The molecule has 4 aliphatic rings. The summed E-state index contributed by atoms with van der Waals surface area (Å²) in [6.07, 6.45) is 1.24. The van der Waals surface area contributed by atoms with Crippen LogP contribution in [0.25, 0.3) is 0 Å². The third kappa shape index (κ3) is 6.68. The Morgan fingerprint density at radius 1 is 1.21 bits per heavy atom. The number of nitrogen functional groups attached to an aromatic ring is 1. The number of oxime groups is 1. The van der Waals surface area contributed by atoms with E-state index in [-0.39, 0.29) is 49.9 Å². The van der Waals surface area contributed by atoms with Gasteiger partial charge in [0.1, 0.15) is 17.9 Å². The molecule has 2 amide bonds. The summed E-state index contributed by atoms with van der Waals surface area (Å²) in [6.45, 7) is 7.36. The molecule has 2 bridgehead atoms. The number of phenols is 2. The number of hydrogen-bond donors (Lipinski definition) is 6. The Morgan fingerprint density at radius 3 is 2.52 bits per heavy atom. The molecule has 16 nitrogen and oxygen atoms in total. The standard InChI is InChI=1S/C33H37ClN6O10S2/c1-15-18(11-40-8-6-33(14-40,7-9-40)13-36-26(44)16-4-5-20(41)25(43)22(16)34)24(29(46)47)39-27(45)17(28(39)52-15)10-21(42)23(19-12-51-31(35)37-19)38-50-32(2,3)30(48)49/h4-5,12,15,17,28H,6-11,13-14H2,1-3H3,(H6-,35,36,37,38,41,42,43,44,46,47,48,49)/p+1/t15-,17+,28+,33?,40?/m0/s1.